The van der Waals surface area contributed by atoms with Crippen LogP contribution in [0.4, 0.5) is 18.0 Å². The van der Waals surface area contributed by atoms with Gasteiger partial charge in [-0.15, -0.1) is 11.8 Å². The number of benzene rings is 2. The first-order valence-corrected chi connectivity index (χ1v) is 16.8. The van der Waals surface area contributed by atoms with E-state index in [2.05, 4.69) is 10.1 Å². The lowest BCUT2D eigenvalue weighted by Gasteiger charge is -2.40. The first kappa shape index (κ1) is 39.6. The van der Waals surface area contributed by atoms with E-state index in [-0.39, 0.29) is 55.4 Å². The van der Waals surface area contributed by atoms with Crippen LogP contribution in [-0.2, 0) is 45.4 Å². The highest BCUT2D eigenvalue weighted by molar-refractivity contribution is 8.00. The summed E-state index contributed by atoms with van der Waals surface area (Å²) in [6.07, 6.45) is 4.85. The molecule has 1 aromatic heterocycles. The molecule has 1 aliphatic heterocycles. The van der Waals surface area contributed by atoms with Crippen molar-refractivity contribution in [3.05, 3.63) is 101 Å². The topological polar surface area (TPSA) is 172 Å². The molecule has 1 fully saturated rings. The van der Waals surface area contributed by atoms with Gasteiger partial charge in [0.15, 0.2) is 11.9 Å². The molecule has 3 atom stereocenters. The average molecular weight is 745 g/mol. The molecule has 276 valence electrons. The van der Waals surface area contributed by atoms with E-state index in [4.69, 9.17) is 34.1 Å². The highest BCUT2D eigenvalue weighted by Crippen LogP contribution is 2.42. The van der Waals surface area contributed by atoms with E-state index in [1.807, 2.05) is 6.07 Å². The molecule has 52 heavy (non-hydrogen) atoms. The van der Waals surface area contributed by atoms with Gasteiger partial charge in [-0.25, -0.2) is 27.6 Å². The van der Waals surface area contributed by atoms with Crippen LogP contribution in [0, 0.1) is 28.8 Å². The summed E-state index contributed by atoms with van der Waals surface area (Å²) in [4.78, 5) is 40.0. The van der Waals surface area contributed by atoms with E-state index in [9.17, 15) is 23.2 Å². The molecule has 17 heteroatoms. The Labute approximate surface area is 301 Å². The van der Waals surface area contributed by atoms with Gasteiger partial charge in [0.25, 0.3) is 0 Å². The van der Waals surface area contributed by atoms with Crippen molar-refractivity contribution in [1.29, 1.82) is 5.26 Å². The zero-order chi connectivity index (χ0) is 37.7. The lowest BCUT2D eigenvalue weighted by molar-refractivity contribution is -0.171. The first-order chi connectivity index (χ1) is 24.9. The van der Waals surface area contributed by atoms with Crippen molar-refractivity contribution in [2.45, 2.75) is 68.3 Å². The molecule has 4 rings (SSSR count). The standard InChI is InChI=1S/C35H35F3N4O9S/c1-22(52-27-17-47-33(48-18-27)9-4-3-6-25-11-10-24(16-39)14-29(25)37)35(19-42-21-40-20-41-42,28-13-12-26(36)15-30(28)38)51-34(46)50-23(2)49-32(45)8-5-7-31(43)44/h3-4,6,9-15,20-23,27,33H,5,7-8,17-19H2,1-2H3,(H,43,44)/b6-3+,9-4+. The Balaban J connectivity index is 1.47. The summed E-state index contributed by atoms with van der Waals surface area (Å²) >= 11 is 1.23. The molecule has 0 spiro atoms. The summed E-state index contributed by atoms with van der Waals surface area (Å²) in [6.45, 7) is 2.91. The van der Waals surface area contributed by atoms with Gasteiger partial charge in [-0.3, -0.25) is 9.59 Å². The molecule has 0 amide bonds. The number of hydrogen-bond donors (Lipinski definition) is 1. The van der Waals surface area contributed by atoms with E-state index in [1.165, 1.54) is 54.2 Å². The summed E-state index contributed by atoms with van der Waals surface area (Å²) in [6, 6.07) is 8.81. The Hall–Kier alpha value is -5.18. The molecule has 0 radical (unpaired) electrons. The zero-order valence-electron chi connectivity index (χ0n) is 28.0. The molecule has 0 bridgehead atoms. The smallest absolute Gasteiger partial charge is 0.481 e. The predicted molar refractivity (Wildman–Crippen MR) is 178 cm³/mol. The van der Waals surface area contributed by atoms with Crippen LogP contribution in [0.25, 0.3) is 6.08 Å². The van der Waals surface area contributed by atoms with Crippen molar-refractivity contribution in [3.8, 4) is 6.07 Å². The average Bonchev–Trinajstić information content (AvgIpc) is 3.60. The van der Waals surface area contributed by atoms with Gasteiger partial charge in [-0.05, 0) is 43.7 Å². The molecule has 3 aromatic rings. The third kappa shape index (κ3) is 11.4. The Kier molecular flexibility index (Phi) is 14.4. The molecular formula is C35H35F3N4O9S. The number of ether oxygens (including phenoxy) is 5. The second-order valence-electron chi connectivity index (χ2n) is 11.4. The van der Waals surface area contributed by atoms with Crippen LogP contribution in [0.1, 0.15) is 49.8 Å². The summed E-state index contributed by atoms with van der Waals surface area (Å²) in [5.41, 5.74) is -1.62. The van der Waals surface area contributed by atoms with Crippen LogP contribution < -0.4 is 0 Å². The molecule has 2 heterocycles. The number of aliphatic carboxylic acids is 1. The fourth-order valence-corrected chi connectivity index (χ4v) is 6.45. The number of esters is 1. The monoisotopic (exact) mass is 744 g/mol. The number of nitriles is 1. The molecule has 0 saturated carbocycles. The first-order valence-electron chi connectivity index (χ1n) is 15.9. The van der Waals surface area contributed by atoms with Gasteiger partial charge in [0.05, 0.1) is 36.6 Å². The Morgan fingerprint density at radius 2 is 1.87 bits per heavy atom. The number of aromatic nitrogens is 3. The molecule has 2 aromatic carbocycles. The number of thioether (sulfide) groups is 1. The van der Waals surface area contributed by atoms with Gasteiger partial charge in [0, 0.05) is 42.2 Å². The van der Waals surface area contributed by atoms with Gasteiger partial charge in [-0.1, -0.05) is 24.3 Å². The molecular weight excluding hydrogens is 709 g/mol. The Morgan fingerprint density at radius 1 is 1.10 bits per heavy atom. The van der Waals surface area contributed by atoms with Crippen LogP contribution in [0.2, 0.25) is 0 Å². The van der Waals surface area contributed by atoms with Crippen molar-refractivity contribution in [2.75, 3.05) is 13.2 Å². The maximum Gasteiger partial charge on any atom is 0.512 e. The lowest BCUT2D eigenvalue weighted by atomic mass is 9.89. The van der Waals surface area contributed by atoms with E-state index in [0.717, 1.165) is 18.2 Å². The fraction of sp³-hybridized carbons (Fsp3) is 0.371. The number of carboxylic acids is 1. The Morgan fingerprint density at radius 3 is 2.52 bits per heavy atom. The van der Waals surface area contributed by atoms with Crippen molar-refractivity contribution in [3.63, 3.8) is 0 Å². The Bertz CT molecular complexity index is 1800. The van der Waals surface area contributed by atoms with Crippen molar-refractivity contribution in [2.24, 2.45) is 0 Å². The van der Waals surface area contributed by atoms with E-state index in [0.29, 0.717) is 11.6 Å². The summed E-state index contributed by atoms with van der Waals surface area (Å²) < 4.78 is 72.9. The minimum atomic E-state index is -1.92. The third-order valence-corrected chi connectivity index (χ3v) is 9.02. The van der Waals surface area contributed by atoms with Crippen LogP contribution >= 0.6 is 11.8 Å². The second kappa shape index (κ2) is 18.9. The largest absolute Gasteiger partial charge is 0.512 e. The highest BCUT2D eigenvalue weighted by Gasteiger charge is 2.47. The highest BCUT2D eigenvalue weighted by atomic mass is 32.2. The number of carboxylic acid groups (broad SMARTS) is 1. The van der Waals surface area contributed by atoms with Crippen LogP contribution in [0.15, 0.2) is 67.3 Å². The lowest BCUT2D eigenvalue weighted by Crippen LogP contribution is -2.47. The number of carbonyl (C=O) groups is 3. The molecule has 1 aliphatic rings. The maximum absolute atomic E-state index is 15.6. The van der Waals surface area contributed by atoms with Gasteiger partial charge >= 0.3 is 18.1 Å². The third-order valence-electron chi connectivity index (χ3n) is 7.58. The minimum Gasteiger partial charge on any atom is -0.481 e. The van der Waals surface area contributed by atoms with Crippen LogP contribution in [-0.4, -0.2) is 74.3 Å². The number of halogens is 3. The molecule has 3 unspecified atom stereocenters. The van der Waals surface area contributed by atoms with Gasteiger partial charge in [0.1, 0.15) is 30.1 Å². The number of carbonyl (C=O) groups excluding carboxylic acids is 2. The second-order valence-corrected chi connectivity index (χ2v) is 13.1. The van der Waals surface area contributed by atoms with Crippen molar-refractivity contribution >= 4 is 35.9 Å². The molecule has 1 N–H and O–H groups in total. The van der Waals surface area contributed by atoms with Crippen molar-refractivity contribution in [1.82, 2.24) is 14.8 Å². The molecule has 0 aliphatic carbocycles. The summed E-state index contributed by atoms with van der Waals surface area (Å²) in [7, 11) is 0. The van der Waals surface area contributed by atoms with Gasteiger partial charge < -0.3 is 28.8 Å². The number of allylic oxidation sites excluding steroid dienone is 2. The van der Waals surface area contributed by atoms with E-state index < -0.39 is 59.0 Å². The van der Waals surface area contributed by atoms with Crippen LogP contribution in [0.5, 0.6) is 0 Å². The zero-order valence-corrected chi connectivity index (χ0v) is 28.8. The van der Waals surface area contributed by atoms with Gasteiger partial charge in [0.2, 0.25) is 6.29 Å². The summed E-state index contributed by atoms with van der Waals surface area (Å²) in [5.74, 6) is -4.33. The van der Waals surface area contributed by atoms with E-state index in [1.54, 1.807) is 25.2 Å². The van der Waals surface area contributed by atoms with Crippen LogP contribution in [0.3, 0.4) is 0 Å². The fourth-order valence-electron chi connectivity index (χ4n) is 5.09. The number of rotatable bonds is 16. The quantitative estimate of drug-likeness (QED) is 0.105. The molecule has 1 saturated heterocycles. The minimum absolute atomic E-state index is 0.00865. The molecule has 13 nitrogen and oxygen atoms in total. The van der Waals surface area contributed by atoms with Crippen molar-refractivity contribution < 1.29 is 56.3 Å². The SMILES string of the molecule is CC(OC(=O)CCCC(=O)O)OC(=O)OC(Cn1cncn1)(c1ccc(F)cc1F)C(C)SC1COC(/C=C/C=C/c2ccc(C#N)cc2F)OC1. The number of hydrogen-bond acceptors (Lipinski definition) is 12. The predicted octanol–water partition coefficient (Wildman–Crippen LogP) is 5.89. The maximum atomic E-state index is 15.6. The number of nitrogens with zero attached hydrogens (tertiary/aromatic N) is 4. The van der Waals surface area contributed by atoms with Gasteiger partial charge in [-0.2, -0.15) is 10.4 Å². The summed E-state index contributed by atoms with van der Waals surface area (Å²) in [5, 5.41) is 20.6. The normalized spacial score (nSPS) is 18.3. The van der Waals surface area contributed by atoms with E-state index >= 15 is 4.39 Å².